The summed E-state index contributed by atoms with van der Waals surface area (Å²) >= 11 is 0. The minimum Gasteiger partial charge on any atom is -0.394 e. The van der Waals surface area contributed by atoms with Crippen molar-refractivity contribution in [2.24, 2.45) is 0 Å². The zero-order valence-electron chi connectivity index (χ0n) is 7.05. The molecule has 0 rings (SSSR count). The smallest absolute Gasteiger partial charge is 0.0701 e. The van der Waals surface area contributed by atoms with Gasteiger partial charge < -0.3 is 9.84 Å². The molecule has 1 radical (unpaired) electrons. The van der Waals surface area contributed by atoms with E-state index in [-0.39, 0.29) is 12.7 Å². The Labute approximate surface area is 63.2 Å². The molecule has 1 N–H and O–H groups in total. The maximum absolute atomic E-state index is 8.46. The third-order valence-corrected chi connectivity index (χ3v) is 1.43. The van der Waals surface area contributed by atoms with E-state index in [1.165, 1.54) is 5.92 Å². The van der Waals surface area contributed by atoms with Crippen LogP contribution in [0.5, 0.6) is 0 Å². The van der Waals surface area contributed by atoms with Crippen LogP contribution in [0.25, 0.3) is 0 Å². The molecule has 0 aliphatic rings. The quantitative estimate of drug-likeness (QED) is 0.633. The van der Waals surface area contributed by atoms with E-state index in [4.69, 9.17) is 9.84 Å². The van der Waals surface area contributed by atoms with Gasteiger partial charge in [-0.1, -0.05) is 20.8 Å². The summed E-state index contributed by atoms with van der Waals surface area (Å²) in [5.74, 6) is 1.27. The van der Waals surface area contributed by atoms with Crippen LogP contribution in [0, 0.1) is 5.92 Å². The third kappa shape index (κ3) is 3.85. The second kappa shape index (κ2) is 5.69. The molecule has 1 atom stereocenters. The summed E-state index contributed by atoms with van der Waals surface area (Å²) in [7, 11) is 0. The first kappa shape index (κ1) is 9.92. The molecule has 2 heteroatoms. The van der Waals surface area contributed by atoms with Gasteiger partial charge in [-0.3, -0.25) is 0 Å². The molecule has 0 fully saturated rings. The van der Waals surface area contributed by atoms with Crippen molar-refractivity contribution in [2.45, 2.75) is 33.3 Å². The first-order valence-corrected chi connectivity index (χ1v) is 3.74. The van der Waals surface area contributed by atoms with E-state index < -0.39 is 0 Å². The molecule has 0 saturated carbocycles. The summed E-state index contributed by atoms with van der Waals surface area (Å²) in [6.07, 6.45) is 1.22. The zero-order chi connectivity index (χ0) is 7.98. The Balaban J connectivity index is 3.40. The van der Waals surface area contributed by atoms with Crippen molar-refractivity contribution >= 4 is 0 Å². The van der Waals surface area contributed by atoms with Gasteiger partial charge in [-0.25, -0.2) is 0 Å². The second-order valence-electron chi connectivity index (χ2n) is 2.57. The van der Waals surface area contributed by atoms with Gasteiger partial charge in [0.2, 0.25) is 0 Å². The highest BCUT2D eigenvalue weighted by atomic mass is 16.5. The summed E-state index contributed by atoms with van der Waals surface area (Å²) < 4.78 is 5.31. The Morgan fingerprint density at radius 2 is 2.10 bits per heavy atom. The molecule has 2 nitrogen and oxygen atoms in total. The molecule has 0 spiro atoms. The fraction of sp³-hybridized carbons (Fsp3) is 0.875. The zero-order valence-corrected chi connectivity index (χ0v) is 7.05. The van der Waals surface area contributed by atoms with Crippen molar-refractivity contribution in [1.82, 2.24) is 0 Å². The van der Waals surface area contributed by atoms with Gasteiger partial charge in [0.1, 0.15) is 0 Å². The molecule has 0 aliphatic heterocycles. The number of hydrogen-bond acceptors (Lipinski definition) is 2. The first-order valence-electron chi connectivity index (χ1n) is 3.74. The van der Waals surface area contributed by atoms with E-state index >= 15 is 0 Å². The summed E-state index contributed by atoms with van der Waals surface area (Å²) in [6.45, 7) is 6.74. The van der Waals surface area contributed by atoms with Crippen LogP contribution >= 0.6 is 0 Å². The molecule has 0 aliphatic carbocycles. The van der Waals surface area contributed by atoms with Gasteiger partial charge in [0.25, 0.3) is 0 Å². The van der Waals surface area contributed by atoms with E-state index in [9.17, 15) is 0 Å². The Morgan fingerprint density at radius 1 is 1.50 bits per heavy atom. The lowest BCUT2D eigenvalue weighted by Gasteiger charge is -2.18. The highest BCUT2D eigenvalue weighted by Gasteiger charge is 2.10. The largest absolute Gasteiger partial charge is 0.394 e. The predicted molar refractivity (Wildman–Crippen MR) is 41.7 cm³/mol. The van der Waals surface area contributed by atoms with Gasteiger partial charge in [-0.2, -0.15) is 0 Å². The summed E-state index contributed by atoms with van der Waals surface area (Å²) in [5, 5.41) is 8.46. The maximum Gasteiger partial charge on any atom is 0.0701 e. The van der Waals surface area contributed by atoms with Crippen molar-refractivity contribution in [1.29, 1.82) is 0 Å². The van der Waals surface area contributed by atoms with Gasteiger partial charge in [0.15, 0.2) is 0 Å². The standard InChI is InChI=1S/C8H17O2/c1-4-8(7(2)3)10-6-5-9/h8-9H,4-6H2,1-3H3. The third-order valence-electron chi connectivity index (χ3n) is 1.43. The minimum atomic E-state index is 0.115. The Bertz CT molecular complexity index is 71.7. The molecule has 10 heavy (non-hydrogen) atoms. The normalized spacial score (nSPS) is 14.1. The summed E-state index contributed by atoms with van der Waals surface area (Å²) in [6, 6.07) is 0. The average molecular weight is 145 g/mol. The molecule has 0 aromatic heterocycles. The molecular formula is C8H17O2. The van der Waals surface area contributed by atoms with Crippen LogP contribution in [0.2, 0.25) is 0 Å². The lowest BCUT2D eigenvalue weighted by molar-refractivity contribution is 0.0355. The van der Waals surface area contributed by atoms with E-state index in [0.29, 0.717) is 6.61 Å². The highest BCUT2D eigenvalue weighted by molar-refractivity contribution is 4.87. The SMILES string of the molecule is CCC(OCCO)[C](C)C. The Kier molecular flexibility index (Phi) is 5.64. The number of aliphatic hydroxyl groups excluding tert-OH is 1. The molecule has 0 saturated heterocycles. The van der Waals surface area contributed by atoms with E-state index in [1.807, 2.05) is 13.8 Å². The molecular weight excluding hydrogens is 128 g/mol. The molecule has 0 amide bonds. The average Bonchev–Trinajstić information content (AvgIpc) is 1.89. The Morgan fingerprint density at radius 3 is 2.40 bits per heavy atom. The monoisotopic (exact) mass is 145 g/mol. The second-order valence-corrected chi connectivity index (χ2v) is 2.57. The molecule has 1 unspecified atom stereocenters. The minimum absolute atomic E-state index is 0.115. The number of hydrogen-bond donors (Lipinski definition) is 1. The molecule has 0 aromatic carbocycles. The molecule has 0 heterocycles. The van der Waals surface area contributed by atoms with E-state index in [2.05, 4.69) is 6.92 Å². The van der Waals surface area contributed by atoms with Gasteiger partial charge in [-0.15, -0.1) is 0 Å². The fourth-order valence-electron chi connectivity index (χ4n) is 0.888. The van der Waals surface area contributed by atoms with Crippen LogP contribution in [0.3, 0.4) is 0 Å². The predicted octanol–water partition coefficient (Wildman–Crippen LogP) is 1.39. The van der Waals surface area contributed by atoms with Crippen LogP contribution in [0.4, 0.5) is 0 Å². The van der Waals surface area contributed by atoms with Crippen LogP contribution in [-0.2, 0) is 4.74 Å². The maximum atomic E-state index is 8.46. The van der Waals surface area contributed by atoms with Crippen LogP contribution in [0.1, 0.15) is 27.2 Å². The first-order chi connectivity index (χ1) is 4.72. The van der Waals surface area contributed by atoms with Gasteiger partial charge in [0.05, 0.1) is 19.3 Å². The van der Waals surface area contributed by atoms with E-state index in [0.717, 1.165) is 6.42 Å². The van der Waals surface area contributed by atoms with Crippen molar-refractivity contribution in [3.63, 3.8) is 0 Å². The lowest BCUT2D eigenvalue weighted by Crippen LogP contribution is -2.18. The fourth-order valence-corrected chi connectivity index (χ4v) is 0.888. The van der Waals surface area contributed by atoms with Crippen LogP contribution in [-0.4, -0.2) is 24.4 Å². The number of aliphatic hydroxyl groups is 1. The number of rotatable bonds is 5. The number of ether oxygens (including phenoxy) is 1. The topological polar surface area (TPSA) is 29.5 Å². The van der Waals surface area contributed by atoms with Gasteiger partial charge in [0, 0.05) is 0 Å². The molecule has 0 aromatic rings. The van der Waals surface area contributed by atoms with Crippen molar-refractivity contribution in [3.8, 4) is 0 Å². The van der Waals surface area contributed by atoms with Crippen molar-refractivity contribution in [2.75, 3.05) is 13.2 Å². The molecule has 0 bridgehead atoms. The highest BCUT2D eigenvalue weighted by Crippen LogP contribution is 2.11. The van der Waals surface area contributed by atoms with E-state index in [1.54, 1.807) is 0 Å². The van der Waals surface area contributed by atoms with Crippen molar-refractivity contribution in [3.05, 3.63) is 5.92 Å². The van der Waals surface area contributed by atoms with Gasteiger partial charge >= 0.3 is 0 Å². The summed E-state index contributed by atoms with van der Waals surface area (Å²) in [5.41, 5.74) is 0. The summed E-state index contributed by atoms with van der Waals surface area (Å²) in [4.78, 5) is 0. The molecule has 61 valence electrons. The Hall–Kier alpha value is -0.0800. The van der Waals surface area contributed by atoms with Crippen molar-refractivity contribution < 1.29 is 9.84 Å². The van der Waals surface area contributed by atoms with Crippen LogP contribution in [0.15, 0.2) is 0 Å². The van der Waals surface area contributed by atoms with Crippen LogP contribution < -0.4 is 0 Å². The van der Waals surface area contributed by atoms with Gasteiger partial charge in [-0.05, 0) is 12.3 Å². The lowest BCUT2D eigenvalue weighted by atomic mass is 10.1.